The van der Waals surface area contributed by atoms with E-state index in [1.54, 1.807) is 0 Å². The number of hydrogen-bond donors (Lipinski definition) is 0. The average Bonchev–Trinajstić information content (AvgIpc) is 3.40. The molecule has 1 heterocycles. The first-order chi connectivity index (χ1) is 17.3. The fourth-order valence-electron chi connectivity index (χ4n) is 9.71. The Labute approximate surface area is 212 Å². The number of carbonyl (C=O) groups excluding carboxylic acids is 1. The fraction of sp³-hybridized carbons (Fsp3) is 0.759. The zero-order valence-corrected chi connectivity index (χ0v) is 21.8. The summed E-state index contributed by atoms with van der Waals surface area (Å²) in [6.45, 7) is 5.66. The van der Waals surface area contributed by atoms with Gasteiger partial charge in [-0.3, -0.25) is 4.79 Å². The predicted octanol–water partition coefficient (Wildman–Crippen LogP) is 6.20. The molecule has 8 unspecified atom stereocenters. The minimum atomic E-state index is -0.743. The van der Waals surface area contributed by atoms with E-state index in [0.29, 0.717) is 23.2 Å². The number of halogens is 2. The number of aromatic nitrogens is 3. The molecule has 0 spiro atoms. The summed E-state index contributed by atoms with van der Waals surface area (Å²) in [7, 11) is 1.87. The van der Waals surface area contributed by atoms with Crippen LogP contribution in [0.3, 0.4) is 0 Å². The summed E-state index contributed by atoms with van der Waals surface area (Å²) in [5.74, 6) is 2.16. The maximum Gasteiger partial charge on any atom is 0.157 e. The fourth-order valence-corrected chi connectivity index (χ4v) is 9.71. The Morgan fingerprint density at radius 2 is 1.94 bits per heavy atom. The van der Waals surface area contributed by atoms with Crippen molar-refractivity contribution in [3.05, 3.63) is 23.8 Å². The molecule has 196 valence electrons. The molecule has 4 fully saturated rings. The molecule has 0 bridgehead atoms. The predicted molar refractivity (Wildman–Crippen MR) is 133 cm³/mol. The van der Waals surface area contributed by atoms with Crippen LogP contribution in [0.25, 0.3) is 11.0 Å². The van der Waals surface area contributed by atoms with Gasteiger partial charge in [-0.15, -0.1) is 5.10 Å². The summed E-state index contributed by atoms with van der Waals surface area (Å²) in [6.07, 6.45) is 10.7. The molecule has 6 rings (SSSR count). The van der Waals surface area contributed by atoms with Gasteiger partial charge in [0.15, 0.2) is 11.6 Å². The summed E-state index contributed by atoms with van der Waals surface area (Å²) >= 11 is 0. The van der Waals surface area contributed by atoms with E-state index >= 15 is 0 Å². The maximum atomic E-state index is 14.1. The number of hydrogen-bond acceptors (Lipinski definition) is 4. The van der Waals surface area contributed by atoms with E-state index in [4.69, 9.17) is 4.74 Å². The van der Waals surface area contributed by atoms with Crippen LogP contribution in [0.15, 0.2) is 12.1 Å². The molecule has 0 aliphatic heterocycles. The molecule has 0 radical (unpaired) electrons. The van der Waals surface area contributed by atoms with Crippen molar-refractivity contribution in [1.82, 2.24) is 15.0 Å². The molecule has 1 aromatic heterocycles. The van der Waals surface area contributed by atoms with Crippen molar-refractivity contribution in [2.45, 2.75) is 78.2 Å². The Hall–Kier alpha value is -1.89. The highest BCUT2D eigenvalue weighted by molar-refractivity contribution is 5.84. The SMILES string of the molecule is COCC12CCC(C)CC1CCC1C3CCC(C(=O)Cn4nnc5c(F)cc(F)cc54)C3(C)CCC12. The smallest absolute Gasteiger partial charge is 0.157 e. The zero-order chi connectivity index (χ0) is 25.2. The Morgan fingerprint density at radius 1 is 1.11 bits per heavy atom. The Bertz CT molecular complexity index is 1170. The standard InChI is InChI=1S/C29H39F2N3O2/c1-17-8-11-29(16-36-3)18(12-17)4-5-20-21-6-7-23(28(21,2)10-9-22(20)29)26(35)15-34-25-14-19(30)13-24(31)27(25)32-33-34/h13-14,17-18,20-23H,4-12,15-16H2,1-3H3. The first-order valence-corrected chi connectivity index (χ1v) is 14.0. The van der Waals surface area contributed by atoms with Crippen LogP contribution in [0.1, 0.15) is 71.6 Å². The molecule has 2 aromatic rings. The summed E-state index contributed by atoms with van der Waals surface area (Å²) in [6, 6.07) is 2.02. The molecule has 1 aromatic carbocycles. The first-order valence-electron chi connectivity index (χ1n) is 14.0. The molecule has 8 atom stereocenters. The van der Waals surface area contributed by atoms with Crippen molar-refractivity contribution in [1.29, 1.82) is 0 Å². The van der Waals surface area contributed by atoms with Gasteiger partial charge in [-0.25, -0.2) is 13.5 Å². The third kappa shape index (κ3) is 3.58. The number of Topliss-reactive ketones (excluding diaryl/α,β-unsaturated/α-hetero) is 1. The number of methoxy groups -OCH3 is 1. The van der Waals surface area contributed by atoms with Crippen LogP contribution in [0.2, 0.25) is 0 Å². The van der Waals surface area contributed by atoms with E-state index < -0.39 is 11.6 Å². The molecule has 5 nitrogen and oxygen atoms in total. The van der Waals surface area contributed by atoms with Crippen LogP contribution in [0.4, 0.5) is 8.78 Å². The van der Waals surface area contributed by atoms with Gasteiger partial charge in [-0.1, -0.05) is 25.5 Å². The lowest BCUT2D eigenvalue weighted by Crippen LogP contribution is -2.56. The summed E-state index contributed by atoms with van der Waals surface area (Å²) in [4.78, 5) is 13.7. The molecule has 4 saturated carbocycles. The quantitative estimate of drug-likeness (QED) is 0.492. The Morgan fingerprint density at radius 3 is 2.75 bits per heavy atom. The second kappa shape index (κ2) is 8.85. The lowest BCUT2D eigenvalue weighted by atomic mass is 9.44. The molecule has 4 aliphatic carbocycles. The summed E-state index contributed by atoms with van der Waals surface area (Å²) in [5.41, 5.74) is 0.549. The van der Waals surface area contributed by atoms with Crippen molar-refractivity contribution >= 4 is 16.8 Å². The van der Waals surface area contributed by atoms with Gasteiger partial charge in [-0.05, 0) is 91.8 Å². The van der Waals surface area contributed by atoms with E-state index in [0.717, 1.165) is 43.8 Å². The van der Waals surface area contributed by atoms with Crippen LogP contribution in [-0.2, 0) is 16.1 Å². The molecular weight excluding hydrogens is 460 g/mol. The maximum absolute atomic E-state index is 14.1. The van der Waals surface area contributed by atoms with Crippen LogP contribution in [-0.4, -0.2) is 34.5 Å². The van der Waals surface area contributed by atoms with Crippen molar-refractivity contribution in [3.63, 3.8) is 0 Å². The number of benzene rings is 1. The normalized spacial score (nSPS) is 40.0. The topological polar surface area (TPSA) is 57.0 Å². The lowest BCUT2D eigenvalue weighted by Gasteiger charge is -2.61. The monoisotopic (exact) mass is 499 g/mol. The Balaban J connectivity index is 1.24. The van der Waals surface area contributed by atoms with Crippen molar-refractivity contribution in [3.8, 4) is 0 Å². The van der Waals surface area contributed by atoms with Crippen LogP contribution >= 0.6 is 0 Å². The van der Waals surface area contributed by atoms with E-state index in [9.17, 15) is 13.6 Å². The number of ether oxygens (including phenoxy) is 1. The molecule has 0 amide bonds. The number of carbonyl (C=O) groups is 1. The summed E-state index contributed by atoms with van der Waals surface area (Å²) < 4.78 is 35.3. The molecule has 0 N–H and O–H groups in total. The molecular formula is C29H39F2N3O2. The lowest BCUT2D eigenvalue weighted by molar-refractivity contribution is -0.154. The van der Waals surface area contributed by atoms with E-state index in [-0.39, 0.29) is 34.7 Å². The van der Waals surface area contributed by atoms with Gasteiger partial charge >= 0.3 is 0 Å². The highest BCUT2D eigenvalue weighted by atomic mass is 19.1. The largest absolute Gasteiger partial charge is 0.384 e. The Kier molecular flexibility index (Phi) is 6.01. The van der Waals surface area contributed by atoms with Crippen molar-refractivity contribution < 1.29 is 18.3 Å². The molecule has 4 aliphatic rings. The van der Waals surface area contributed by atoms with E-state index in [1.165, 1.54) is 49.3 Å². The van der Waals surface area contributed by atoms with Crippen molar-refractivity contribution in [2.24, 2.45) is 46.3 Å². The number of nitrogens with zero attached hydrogens (tertiary/aromatic N) is 3. The van der Waals surface area contributed by atoms with Gasteiger partial charge < -0.3 is 4.74 Å². The second-order valence-corrected chi connectivity index (χ2v) is 12.8. The average molecular weight is 500 g/mol. The van der Waals surface area contributed by atoms with Gasteiger partial charge in [0.1, 0.15) is 17.9 Å². The third-order valence-electron chi connectivity index (χ3n) is 11.3. The number of ketones is 1. The molecule has 0 saturated heterocycles. The summed E-state index contributed by atoms with van der Waals surface area (Å²) in [5, 5.41) is 7.87. The van der Waals surface area contributed by atoms with Gasteiger partial charge in [-0.2, -0.15) is 0 Å². The molecule has 36 heavy (non-hydrogen) atoms. The van der Waals surface area contributed by atoms with Crippen molar-refractivity contribution in [2.75, 3.05) is 13.7 Å². The van der Waals surface area contributed by atoms with E-state index in [2.05, 4.69) is 24.2 Å². The minimum absolute atomic E-state index is 0.0159. The van der Waals surface area contributed by atoms with Crippen LogP contribution in [0, 0.1) is 58.0 Å². The number of fused-ring (bicyclic) bond motifs is 6. The minimum Gasteiger partial charge on any atom is -0.384 e. The van der Waals surface area contributed by atoms with E-state index in [1.807, 2.05) is 7.11 Å². The van der Waals surface area contributed by atoms with Gasteiger partial charge in [0.05, 0.1) is 12.1 Å². The van der Waals surface area contributed by atoms with Crippen LogP contribution in [0.5, 0.6) is 0 Å². The van der Waals surface area contributed by atoms with Gasteiger partial charge in [0.2, 0.25) is 0 Å². The van der Waals surface area contributed by atoms with Gasteiger partial charge in [0.25, 0.3) is 0 Å². The van der Waals surface area contributed by atoms with Crippen LogP contribution < -0.4 is 0 Å². The highest BCUT2D eigenvalue weighted by Crippen LogP contribution is 2.68. The highest BCUT2D eigenvalue weighted by Gasteiger charge is 2.62. The second-order valence-electron chi connectivity index (χ2n) is 12.8. The molecule has 7 heteroatoms. The first kappa shape index (κ1) is 24.4. The third-order valence-corrected chi connectivity index (χ3v) is 11.3. The van der Waals surface area contributed by atoms with Gasteiger partial charge in [0, 0.05) is 25.2 Å². The number of rotatable bonds is 5. The zero-order valence-electron chi connectivity index (χ0n) is 21.8.